The van der Waals surface area contributed by atoms with Crippen molar-refractivity contribution >= 4 is 11.3 Å². The van der Waals surface area contributed by atoms with Crippen molar-refractivity contribution in [3.63, 3.8) is 0 Å². The lowest BCUT2D eigenvalue weighted by Gasteiger charge is -2.31. The molecule has 0 spiro atoms. The SMILES string of the molecule is Cc1ccc(CN2CCC(CCc3noc(C4CCOCC4)n3)CC2)s1. The Morgan fingerprint density at radius 3 is 2.69 bits per heavy atom. The zero-order valence-electron chi connectivity index (χ0n) is 15.7. The van der Waals surface area contributed by atoms with Gasteiger partial charge in [-0.25, -0.2) is 0 Å². The van der Waals surface area contributed by atoms with Crippen molar-refractivity contribution in [3.05, 3.63) is 33.6 Å². The van der Waals surface area contributed by atoms with Crippen LogP contribution in [0.15, 0.2) is 16.7 Å². The Bertz CT molecular complexity index is 685. The number of nitrogens with zero attached hydrogens (tertiary/aromatic N) is 3. The Hall–Kier alpha value is -1.24. The summed E-state index contributed by atoms with van der Waals surface area (Å²) >= 11 is 1.93. The number of ether oxygens (including phenoxy) is 1. The summed E-state index contributed by atoms with van der Waals surface area (Å²) in [5, 5.41) is 4.21. The number of aromatic nitrogens is 2. The second-order valence-electron chi connectivity index (χ2n) is 7.71. The lowest BCUT2D eigenvalue weighted by atomic mass is 9.92. The molecule has 0 unspecified atom stereocenters. The topological polar surface area (TPSA) is 51.4 Å². The Morgan fingerprint density at radius 2 is 1.96 bits per heavy atom. The molecule has 0 bridgehead atoms. The van der Waals surface area contributed by atoms with Crippen molar-refractivity contribution in [1.82, 2.24) is 15.0 Å². The summed E-state index contributed by atoms with van der Waals surface area (Å²) < 4.78 is 10.9. The van der Waals surface area contributed by atoms with Crippen molar-refractivity contribution in [2.45, 2.75) is 57.9 Å². The number of piperidine rings is 1. The van der Waals surface area contributed by atoms with Gasteiger partial charge in [0.25, 0.3) is 0 Å². The Balaban J connectivity index is 1.19. The second kappa shape index (κ2) is 8.63. The highest BCUT2D eigenvalue weighted by atomic mass is 32.1. The monoisotopic (exact) mass is 375 g/mol. The third-order valence-corrected chi connectivity index (χ3v) is 6.70. The summed E-state index contributed by atoms with van der Waals surface area (Å²) in [6.07, 6.45) is 6.71. The molecule has 26 heavy (non-hydrogen) atoms. The van der Waals surface area contributed by atoms with Gasteiger partial charge in [-0.3, -0.25) is 4.90 Å². The van der Waals surface area contributed by atoms with E-state index >= 15 is 0 Å². The molecule has 2 aliphatic heterocycles. The molecule has 0 aromatic carbocycles. The van der Waals surface area contributed by atoms with Crippen LogP contribution in [0.2, 0.25) is 0 Å². The molecular formula is C20H29N3O2S. The summed E-state index contributed by atoms with van der Waals surface area (Å²) in [5.41, 5.74) is 0. The number of thiophene rings is 1. The fraction of sp³-hybridized carbons (Fsp3) is 0.700. The lowest BCUT2D eigenvalue weighted by Crippen LogP contribution is -2.33. The average molecular weight is 376 g/mol. The van der Waals surface area contributed by atoms with Crippen LogP contribution in [0.25, 0.3) is 0 Å². The first-order valence-corrected chi connectivity index (χ1v) is 10.8. The molecule has 2 aromatic heterocycles. The summed E-state index contributed by atoms with van der Waals surface area (Å²) in [6, 6.07) is 4.50. The molecule has 6 heteroatoms. The first-order chi connectivity index (χ1) is 12.8. The van der Waals surface area contributed by atoms with Crippen LogP contribution in [0.1, 0.15) is 59.5 Å². The Morgan fingerprint density at radius 1 is 1.15 bits per heavy atom. The molecule has 0 saturated carbocycles. The van der Waals surface area contributed by atoms with Gasteiger partial charge in [0.15, 0.2) is 5.82 Å². The number of hydrogen-bond acceptors (Lipinski definition) is 6. The molecule has 2 aliphatic rings. The third-order valence-electron chi connectivity index (χ3n) is 5.71. The molecule has 4 heterocycles. The predicted molar refractivity (Wildman–Crippen MR) is 102 cm³/mol. The van der Waals surface area contributed by atoms with E-state index in [0.717, 1.165) is 56.7 Å². The molecule has 2 saturated heterocycles. The van der Waals surface area contributed by atoms with Crippen LogP contribution in [0.3, 0.4) is 0 Å². The van der Waals surface area contributed by atoms with Crippen LogP contribution in [0.4, 0.5) is 0 Å². The maximum atomic E-state index is 5.51. The minimum atomic E-state index is 0.397. The summed E-state index contributed by atoms with van der Waals surface area (Å²) in [5.74, 6) is 2.91. The van der Waals surface area contributed by atoms with Crippen LogP contribution in [-0.2, 0) is 17.7 Å². The number of likely N-dealkylation sites (tertiary alicyclic amines) is 1. The van der Waals surface area contributed by atoms with E-state index in [0.29, 0.717) is 5.92 Å². The molecule has 2 aromatic rings. The molecule has 2 fully saturated rings. The smallest absolute Gasteiger partial charge is 0.229 e. The van der Waals surface area contributed by atoms with Gasteiger partial charge in [0.05, 0.1) is 0 Å². The van der Waals surface area contributed by atoms with Crippen LogP contribution in [0, 0.1) is 12.8 Å². The van der Waals surface area contributed by atoms with Gasteiger partial charge in [0.2, 0.25) is 5.89 Å². The van der Waals surface area contributed by atoms with E-state index in [1.807, 2.05) is 11.3 Å². The van der Waals surface area contributed by atoms with E-state index in [-0.39, 0.29) is 0 Å². The number of rotatable bonds is 6. The second-order valence-corrected chi connectivity index (χ2v) is 9.08. The van der Waals surface area contributed by atoms with E-state index in [2.05, 4.69) is 34.1 Å². The van der Waals surface area contributed by atoms with Crippen molar-refractivity contribution in [2.24, 2.45) is 5.92 Å². The van der Waals surface area contributed by atoms with Gasteiger partial charge in [0, 0.05) is 41.9 Å². The molecule has 5 nitrogen and oxygen atoms in total. The zero-order chi connectivity index (χ0) is 17.8. The Kier molecular flexibility index (Phi) is 6.02. The van der Waals surface area contributed by atoms with Gasteiger partial charge in [-0.1, -0.05) is 5.16 Å². The summed E-state index contributed by atoms with van der Waals surface area (Å²) in [7, 11) is 0. The lowest BCUT2D eigenvalue weighted by molar-refractivity contribution is 0.0778. The van der Waals surface area contributed by atoms with E-state index in [9.17, 15) is 0 Å². The quantitative estimate of drug-likeness (QED) is 0.758. The van der Waals surface area contributed by atoms with E-state index in [1.165, 1.54) is 42.1 Å². The molecule has 0 aliphatic carbocycles. The highest BCUT2D eigenvalue weighted by Gasteiger charge is 2.23. The molecule has 0 atom stereocenters. The molecular weight excluding hydrogens is 346 g/mol. The number of aryl methyl sites for hydroxylation is 2. The van der Waals surface area contributed by atoms with Gasteiger partial charge in [-0.05, 0) is 70.2 Å². The van der Waals surface area contributed by atoms with Gasteiger partial charge in [-0.15, -0.1) is 11.3 Å². The normalized spacial score (nSPS) is 20.7. The fourth-order valence-electron chi connectivity index (χ4n) is 4.04. The van der Waals surface area contributed by atoms with Crippen LogP contribution < -0.4 is 0 Å². The molecule has 142 valence electrons. The minimum Gasteiger partial charge on any atom is -0.381 e. The van der Waals surface area contributed by atoms with Crippen LogP contribution in [0.5, 0.6) is 0 Å². The first-order valence-electron chi connectivity index (χ1n) is 9.94. The van der Waals surface area contributed by atoms with Gasteiger partial charge < -0.3 is 9.26 Å². The predicted octanol–water partition coefficient (Wildman–Crippen LogP) is 4.18. The molecule has 0 amide bonds. The standard InChI is InChI=1S/C20H29N3O2S/c1-15-2-4-18(26-15)14-23-10-6-16(7-11-23)3-5-19-21-20(25-22-19)17-8-12-24-13-9-17/h2,4,16-17H,3,5-14H2,1H3. The third kappa shape index (κ3) is 4.72. The van der Waals surface area contributed by atoms with Gasteiger partial charge in [-0.2, -0.15) is 4.98 Å². The van der Waals surface area contributed by atoms with E-state index in [1.54, 1.807) is 0 Å². The maximum absolute atomic E-state index is 5.51. The van der Waals surface area contributed by atoms with E-state index in [4.69, 9.17) is 9.26 Å². The molecule has 0 radical (unpaired) electrons. The van der Waals surface area contributed by atoms with Gasteiger partial charge >= 0.3 is 0 Å². The van der Waals surface area contributed by atoms with Crippen LogP contribution >= 0.6 is 11.3 Å². The highest BCUT2D eigenvalue weighted by molar-refractivity contribution is 7.11. The highest BCUT2D eigenvalue weighted by Crippen LogP contribution is 2.27. The van der Waals surface area contributed by atoms with Crippen molar-refractivity contribution < 1.29 is 9.26 Å². The average Bonchev–Trinajstić information content (AvgIpc) is 3.31. The van der Waals surface area contributed by atoms with E-state index < -0.39 is 0 Å². The molecule has 4 rings (SSSR count). The van der Waals surface area contributed by atoms with Crippen LogP contribution in [-0.4, -0.2) is 41.3 Å². The minimum absolute atomic E-state index is 0.397. The van der Waals surface area contributed by atoms with Crippen molar-refractivity contribution in [2.75, 3.05) is 26.3 Å². The number of hydrogen-bond donors (Lipinski definition) is 0. The Labute approximate surface area is 159 Å². The van der Waals surface area contributed by atoms with Crippen molar-refractivity contribution in [3.8, 4) is 0 Å². The molecule has 0 N–H and O–H groups in total. The zero-order valence-corrected chi connectivity index (χ0v) is 16.5. The largest absolute Gasteiger partial charge is 0.381 e. The first kappa shape index (κ1) is 18.1. The van der Waals surface area contributed by atoms with Gasteiger partial charge in [0.1, 0.15) is 0 Å². The van der Waals surface area contributed by atoms with Crippen molar-refractivity contribution in [1.29, 1.82) is 0 Å². The maximum Gasteiger partial charge on any atom is 0.229 e. The summed E-state index contributed by atoms with van der Waals surface area (Å²) in [4.78, 5) is 10.2. The summed E-state index contributed by atoms with van der Waals surface area (Å²) in [6.45, 7) is 7.34. The fourth-order valence-corrected chi connectivity index (χ4v) is 4.97.